The van der Waals surface area contributed by atoms with Crippen molar-refractivity contribution in [2.24, 2.45) is 0 Å². The van der Waals surface area contributed by atoms with E-state index in [1.54, 1.807) is 54.2 Å². The maximum absolute atomic E-state index is 11.8. The molecule has 1 unspecified atom stereocenters. The molecule has 0 radical (unpaired) electrons. The Morgan fingerprint density at radius 2 is 2.05 bits per heavy atom. The highest BCUT2D eigenvalue weighted by Crippen LogP contribution is 2.14. The quantitative estimate of drug-likeness (QED) is 0.903. The van der Waals surface area contributed by atoms with Crippen molar-refractivity contribution in [2.45, 2.75) is 19.6 Å². The number of hydrogen-bond donors (Lipinski definition) is 2. The Bertz CT molecular complexity index is 561. The van der Waals surface area contributed by atoms with Gasteiger partial charge in [-0.2, -0.15) is 0 Å². The Kier molecular flexibility index (Phi) is 4.24. The number of rotatable bonds is 4. The third-order valence-electron chi connectivity index (χ3n) is 2.71. The van der Waals surface area contributed by atoms with E-state index in [0.29, 0.717) is 10.7 Å². The van der Waals surface area contributed by atoms with Gasteiger partial charge in [0.25, 0.3) is 0 Å². The van der Waals surface area contributed by atoms with E-state index >= 15 is 0 Å². The highest BCUT2D eigenvalue weighted by molar-refractivity contribution is 6.30. The number of hydrogen-bond acceptors (Lipinski definition) is 2. The minimum Gasteiger partial charge on any atom is -0.389 e. The van der Waals surface area contributed by atoms with Gasteiger partial charge in [-0.15, -0.1) is 0 Å². The second-order valence-electron chi connectivity index (χ2n) is 4.35. The van der Waals surface area contributed by atoms with Crippen molar-refractivity contribution in [3.63, 3.8) is 0 Å². The number of nitrogens with one attached hydrogen (secondary N) is 1. The zero-order chi connectivity index (χ0) is 13.8. The Labute approximate surface area is 116 Å². The maximum Gasteiger partial charge on any atom is 0.244 e. The molecular weight excluding hydrogens is 264 g/mol. The number of amides is 1. The van der Waals surface area contributed by atoms with Crippen LogP contribution in [0.5, 0.6) is 0 Å². The van der Waals surface area contributed by atoms with E-state index in [9.17, 15) is 9.90 Å². The third kappa shape index (κ3) is 3.84. The van der Waals surface area contributed by atoms with E-state index in [-0.39, 0.29) is 12.5 Å². The number of anilines is 1. The normalized spacial score (nSPS) is 12.2. The Balaban J connectivity index is 1.95. The fourth-order valence-electron chi connectivity index (χ4n) is 1.70. The molecular formula is C14H15ClN2O2. The van der Waals surface area contributed by atoms with Crippen LogP contribution in [-0.2, 0) is 11.3 Å². The summed E-state index contributed by atoms with van der Waals surface area (Å²) in [6, 6.07) is 8.73. The number of nitrogens with zero attached hydrogens (tertiary/aromatic N) is 1. The summed E-state index contributed by atoms with van der Waals surface area (Å²) in [4.78, 5) is 11.8. The molecule has 0 saturated heterocycles. The molecule has 2 rings (SSSR count). The van der Waals surface area contributed by atoms with Crippen LogP contribution in [0.25, 0.3) is 0 Å². The molecule has 0 bridgehead atoms. The van der Waals surface area contributed by atoms with Gasteiger partial charge in [0.1, 0.15) is 6.54 Å². The minimum atomic E-state index is -0.527. The molecule has 0 saturated carbocycles. The zero-order valence-electron chi connectivity index (χ0n) is 10.5. The second-order valence-corrected chi connectivity index (χ2v) is 4.78. The van der Waals surface area contributed by atoms with E-state index in [1.165, 1.54) is 0 Å². The molecule has 19 heavy (non-hydrogen) atoms. The summed E-state index contributed by atoms with van der Waals surface area (Å²) < 4.78 is 1.73. The van der Waals surface area contributed by atoms with Crippen LogP contribution in [-0.4, -0.2) is 15.6 Å². The van der Waals surface area contributed by atoms with Gasteiger partial charge in [0.05, 0.1) is 6.10 Å². The minimum absolute atomic E-state index is 0.130. The average Bonchev–Trinajstić information content (AvgIpc) is 2.80. The standard InChI is InChI=1S/C14H15ClN2O2/c1-10(18)11-6-7-17(8-11)9-14(19)16-13-4-2-12(15)3-5-13/h2-8,10,18H,9H2,1H3,(H,16,19). The van der Waals surface area contributed by atoms with Gasteiger partial charge in [-0.25, -0.2) is 0 Å². The van der Waals surface area contributed by atoms with Gasteiger partial charge in [-0.05, 0) is 42.8 Å². The molecule has 2 N–H and O–H groups in total. The fourth-order valence-corrected chi connectivity index (χ4v) is 1.83. The Morgan fingerprint density at radius 3 is 2.63 bits per heavy atom. The highest BCUT2D eigenvalue weighted by Gasteiger charge is 2.06. The van der Waals surface area contributed by atoms with E-state index in [2.05, 4.69) is 5.32 Å². The lowest BCUT2D eigenvalue weighted by atomic mass is 10.2. The van der Waals surface area contributed by atoms with Crippen LogP contribution in [0.2, 0.25) is 5.02 Å². The number of carbonyl (C=O) groups is 1. The smallest absolute Gasteiger partial charge is 0.244 e. The van der Waals surface area contributed by atoms with Crippen LogP contribution in [0.3, 0.4) is 0 Å². The molecule has 1 amide bonds. The maximum atomic E-state index is 11.8. The van der Waals surface area contributed by atoms with Crippen molar-refractivity contribution < 1.29 is 9.90 Å². The molecule has 0 aliphatic heterocycles. The van der Waals surface area contributed by atoms with Gasteiger partial charge in [-0.3, -0.25) is 4.79 Å². The van der Waals surface area contributed by atoms with E-state index in [1.807, 2.05) is 0 Å². The number of aliphatic hydroxyl groups is 1. The first-order valence-corrected chi connectivity index (χ1v) is 6.31. The van der Waals surface area contributed by atoms with Gasteiger partial charge in [0.15, 0.2) is 0 Å². The molecule has 0 aliphatic rings. The van der Waals surface area contributed by atoms with Crippen LogP contribution < -0.4 is 5.32 Å². The van der Waals surface area contributed by atoms with Gasteiger partial charge >= 0.3 is 0 Å². The summed E-state index contributed by atoms with van der Waals surface area (Å²) in [6.45, 7) is 1.89. The van der Waals surface area contributed by atoms with Crippen molar-refractivity contribution >= 4 is 23.2 Å². The lowest BCUT2D eigenvalue weighted by Gasteiger charge is -2.06. The Morgan fingerprint density at radius 1 is 1.37 bits per heavy atom. The summed E-state index contributed by atoms with van der Waals surface area (Å²) in [5.74, 6) is -0.130. The van der Waals surface area contributed by atoms with Crippen LogP contribution in [0.15, 0.2) is 42.7 Å². The molecule has 100 valence electrons. The molecule has 5 heteroatoms. The first-order chi connectivity index (χ1) is 9.04. The number of benzene rings is 1. The largest absolute Gasteiger partial charge is 0.389 e. The zero-order valence-corrected chi connectivity index (χ0v) is 11.3. The summed E-state index contributed by atoms with van der Waals surface area (Å²) in [7, 11) is 0. The van der Waals surface area contributed by atoms with E-state index < -0.39 is 6.10 Å². The van der Waals surface area contributed by atoms with Crippen LogP contribution >= 0.6 is 11.6 Å². The van der Waals surface area contributed by atoms with Crippen molar-refractivity contribution in [2.75, 3.05) is 5.32 Å². The van der Waals surface area contributed by atoms with Gasteiger partial charge < -0.3 is 15.0 Å². The summed E-state index contributed by atoms with van der Waals surface area (Å²) in [5, 5.41) is 12.8. The van der Waals surface area contributed by atoms with Gasteiger partial charge in [-0.1, -0.05) is 11.6 Å². The van der Waals surface area contributed by atoms with Crippen molar-refractivity contribution in [1.82, 2.24) is 4.57 Å². The predicted octanol–water partition coefficient (Wildman–Crippen LogP) is 2.83. The molecule has 0 spiro atoms. The highest BCUT2D eigenvalue weighted by atomic mass is 35.5. The summed E-state index contributed by atoms with van der Waals surface area (Å²) in [6.07, 6.45) is 3.00. The topological polar surface area (TPSA) is 54.3 Å². The SMILES string of the molecule is CC(O)c1ccn(CC(=O)Nc2ccc(Cl)cc2)c1. The van der Waals surface area contributed by atoms with Crippen molar-refractivity contribution in [1.29, 1.82) is 0 Å². The lowest BCUT2D eigenvalue weighted by molar-refractivity contribution is -0.116. The average molecular weight is 279 g/mol. The number of carbonyl (C=O) groups excluding carboxylic acids is 1. The van der Waals surface area contributed by atoms with Gasteiger partial charge in [0.2, 0.25) is 5.91 Å². The molecule has 1 aromatic carbocycles. The molecule has 1 aromatic heterocycles. The van der Waals surface area contributed by atoms with Crippen molar-refractivity contribution in [3.8, 4) is 0 Å². The summed E-state index contributed by atoms with van der Waals surface area (Å²) in [5.41, 5.74) is 1.50. The van der Waals surface area contributed by atoms with E-state index in [0.717, 1.165) is 5.56 Å². The van der Waals surface area contributed by atoms with Crippen molar-refractivity contribution in [3.05, 3.63) is 53.3 Å². The monoisotopic (exact) mass is 278 g/mol. The second kappa shape index (κ2) is 5.91. The molecule has 0 aliphatic carbocycles. The van der Waals surface area contributed by atoms with Crippen LogP contribution in [0.4, 0.5) is 5.69 Å². The fraction of sp³-hybridized carbons (Fsp3) is 0.214. The molecule has 1 heterocycles. The molecule has 1 atom stereocenters. The Hall–Kier alpha value is -1.78. The van der Waals surface area contributed by atoms with Crippen LogP contribution in [0.1, 0.15) is 18.6 Å². The third-order valence-corrected chi connectivity index (χ3v) is 2.96. The summed E-state index contributed by atoms with van der Waals surface area (Å²) >= 11 is 5.77. The predicted molar refractivity (Wildman–Crippen MR) is 75.1 cm³/mol. The molecule has 4 nitrogen and oxygen atoms in total. The van der Waals surface area contributed by atoms with E-state index in [4.69, 9.17) is 11.6 Å². The molecule has 2 aromatic rings. The van der Waals surface area contributed by atoms with Crippen LogP contribution in [0, 0.1) is 0 Å². The molecule has 0 fully saturated rings. The first-order valence-electron chi connectivity index (χ1n) is 5.94. The number of aliphatic hydroxyl groups excluding tert-OH is 1. The number of halogens is 1. The first kappa shape index (κ1) is 13.6. The van der Waals surface area contributed by atoms with Gasteiger partial charge in [0, 0.05) is 23.1 Å². The lowest BCUT2D eigenvalue weighted by Crippen LogP contribution is -2.17. The number of aromatic nitrogens is 1.